The Hall–Kier alpha value is -2.37. The van der Waals surface area contributed by atoms with Crippen molar-refractivity contribution in [3.8, 4) is 0 Å². The van der Waals surface area contributed by atoms with E-state index in [4.69, 9.17) is 0 Å². The van der Waals surface area contributed by atoms with Crippen LogP contribution in [-0.4, -0.2) is 30.3 Å². The normalized spacial score (nSPS) is 14.5. The zero-order valence-corrected chi connectivity index (χ0v) is 14.2. The number of carbonyl (C=O) groups is 3. The molecule has 0 bridgehead atoms. The fourth-order valence-electron chi connectivity index (χ4n) is 2.68. The summed E-state index contributed by atoms with van der Waals surface area (Å²) in [5.74, 6) is -1.43. The molecule has 1 aliphatic rings. The van der Waals surface area contributed by atoms with E-state index in [0.29, 0.717) is 17.8 Å². The van der Waals surface area contributed by atoms with Crippen LogP contribution in [0.2, 0.25) is 0 Å². The Bertz CT molecular complexity index is 607. The topological polar surface area (TPSA) is 87.3 Å². The van der Waals surface area contributed by atoms with Gasteiger partial charge in [0.2, 0.25) is 0 Å². The number of anilines is 1. The van der Waals surface area contributed by atoms with E-state index >= 15 is 0 Å². The van der Waals surface area contributed by atoms with Crippen LogP contribution >= 0.6 is 0 Å². The third-order valence-electron chi connectivity index (χ3n) is 3.99. The number of amides is 3. The van der Waals surface area contributed by atoms with Gasteiger partial charge in [0, 0.05) is 12.6 Å². The lowest BCUT2D eigenvalue weighted by molar-refractivity contribution is -0.136. The molecule has 3 N–H and O–H groups in total. The van der Waals surface area contributed by atoms with Crippen LogP contribution in [0.25, 0.3) is 0 Å². The van der Waals surface area contributed by atoms with E-state index in [1.807, 2.05) is 13.8 Å². The predicted molar refractivity (Wildman–Crippen MR) is 92.6 cm³/mol. The summed E-state index contributed by atoms with van der Waals surface area (Å²) in [7, 11) is 0. The summed E-state index contributed by atoms with van der Waals surface area (Å²) in [6, 6.07) is 6.91. The summed E-state index contributed by atoms with van der Waals surface area (Å²) < 4.78 is 0. The molecule has 0 atom stereocenters. The third-order valence-corrected chi connectivity index (χ3v) is 3.99. The predicted octanol–water partition coefficient (Wildman–Crippen LogP) is 2.07. The first-order valence-electron chi connectivity index (χ1n) is 8.46. The van der Waals surface area contributed by atoms with Crippen LogP contribution in [-0.2, 0) is 9.59 Å². The Morgan fingerprint density at radius 1 is 1.08 bits per heavy atom. The van der Waals surface area contributed by atoms with Gasteiger partial charge in [0.05, 0.1) is 11.3 Å². The fourth-order valence-corrected chi connectivity index (χ4v) is 2.68. The van der Waals surface area contributed by atoms with Gasteiger partial charge in [-0.2, -0.15) is 0 Å². The van der Waals surface area contributed by atoms with Crippen LogP contribution in [0.15, 0.2) is 24.3 Å². The molecule has 0 heterocycles. The van der Waals surface area contributed by atoms with Gasteiger partial charge >= 0.3 is 11.8 Å². The van der Waals surface area contributed by atoms with Gasteiger partial charge < -0.3 is 16.0 Å². The van der Waals surface area contributed by atoms with Crippen molar-refractivity contribution in [1.29, 1.82) is 0 Å². The van der Waals surface area contributed by atoms with Gasteiger partial charge in [0.1, 0.15) is 0 Å². The molecule has 0 radical (unpaired) electrons. The van der Waals surface area contributed by atoms with E-state index in [1.165, 1.54) is 0 Å². The molecule has 1 aromatic carbocycles. The molecule has 2 rings (SSSR count). The monoisotopic (exact) mass is 331 g/mol. The highest BCUT2D eigenvalue weighted by Gasteiger charge is 2.21. The maximum atomic E-state index is 12.4. The minimum Gasteiger partial charge on any atom is -0.349 e. The fraction of sp³-hybridized carbons (Fsp3) is 0.500. The first kappa shape index (κ1) is 18.0. The molecule has 24 heavy (non-hydrogen) atoms. The number of hydrogen-bond donors (Lipinski definition) is 3. The van der Waals surface area contributed by atoms with Gasteiger partial charge in [-0.25, -0.2) is 0 Å². The van der Waals surface area contributed by atoms with E-state index in [9.17, 15) is 14.4 Å². The first-order chi connectivity index (χ1) is 11.5. The molecule has 6 heteroatoms. The molecule has 6 nitrogen and oxygen atoms in total. The molecule has 130 valence electrons. The number of para-hydroxylation sites is 1. The molecule has 1 aromatic rings. The Kier molecular flexibility index (Phi) is 6.35. The average molecular weight is 331 g/mol. The average Bonchev–Trinajstić information content (AvgIpc) is 3.05. The highest BCUT2D eigenvalue weighted by Crippen LogP contribution is 2.20. The summed E-state index contributed by atoms with van der Waals surface area (Å²) in [5.41, 5.74) is 0.715. The molecule has 0 unspecified atom stereocenters. The highest BCUT2D eigenvalue weighted by molar-refractivity contribution is 6.40. The highest BCUT2D eigenvalue weighted by atomic mass is 16.2. The summed E-state index contributed by atoms with van der Waals surface area (Å²) in [4.78, 5) is 36.2. The lowest BCUT2D eigenvalue weighted by Crippen LogP contribution is -2.38. The van der Waals surface area contributed by atoms with Crippen LogP contribution in [0, 0.1) is 5.92 Å². The smallest absolute Gasteiger partial charge is 0.313 e. The van der Waals surface area contributed by atoms with Crippen molar-refractivity contribution in [2.24, 2.45) is 5.92 Å². The summed E-state index contributed by atoms with van der Waals surface area (Å²) in [6.07, 6.45) is 4.22. The van der Waals surface area contributed by atoms with Crippen molar-refractivity contribution in [2.75, 3.05) is 11.9 Å². The van der Waals surface area contributed by atoms with Gasteiger partial charge in [-0.1, -0.05) is 38.8 Å². The number of hydrogen-bond acceptors (Lipinski definition) is 3. The zero-order valence-electron chi connectivity index (χ0n) is 14.2. The number of benzene rings is 1. The second-order valence-corrected chi connectivity index (χ2v) is 6.56. The molecule has 0 aromatic heterocycles. The van der Waals surface area contributed by atoms with Crippen molar-refractivity contribution in [2.45, 2.75) is 45.6 Å². The number of rotatable bonds is 5. The Morgan fingerprint density at radius 2 is 1.75 bits per heavy atom. The van der Waals surface area contributed by atoms with Crippen LogP contribution in [0.3, 0.4) is 0 Å². The second-order valence-electron chi connectivity index (χ2n) is 6.56. The molecular formula is C18H25N3O3. The van der Waals surface area contributed by atoms with Crippen molar-refractivity contribution in [3.63, 3.8) is 0 Å². The van der Waals surface area contributed by atoms with Crippen LogP contribution in [0.4, 0.5) is 5.69 Å². The number of carbonyl (C=O) groups excluding carboxylic acids is 3. The van der Waals surface area contributed by atoms with E-state index in [-0.39, 0.29) is 17.9 Å². The summed E-state index contributed by atoms with van der Waals surface area (Å²) >= 11 is 0. The number of nitrogens with one attached hydrogen (secondary N) is 3. The molecule has 1 fully saturated rings. The standard InChI is InChI=1S/C18H25N3O3/c1-12(2)11-19-17(23)18(24)21-15-10-6-5-9-14(15)16(22)20-13-7-3-4-8-13/h5-6,9-10,12-13H,3-4,7-8,11H2,1-2H3,(H,19,23)(H,20,22)(H,21,24). The molecular weight excluding hydrogens is 306 g/mol. The van der Waals surface area contributed by atoms with Crippen molar-refractivity contribution in [3.05, 3.63) is 29.8 Å². The Morgan fingerprint density at radius 3 is 2.42 bits per heavy atom. The van der Waals surface area contributed by atoms with Crippen molar-refractivity contribution >= 4 is 23.4 Å². The zero-order chi connectivity index (χ0) is 17.5. The van der Waals surface area contributed by atoms with E-state index < -0.39 is 11.8 Å². The third kappa shape index (κ3) is 5.08. The van der Waals surface area contributed by atoms with Gasteiger partial charge in [0.15, 0.2) is 0 Å². The first-order valence-corrected chi connectivity index (χ1v) is 8.46. The van der Waals surface area contributed by atoms with Crippen molar-refractivity contribution < 1.29 is 14.4 Å². The summed E-state index contributed by atoms with van der Waals surface area (Å²) in [5, 5.41) is 8.07. The second kappa shape index (κ2) is 8.47. The van der Waals surface area contributed by atoms with Gasteiger partial charge in [-0.15, -0.1) is 0 Å². The quantitative estimate of drug-likeness (QED) is 0.722. The Balaban J connectivity index is 2.01. The maximum absolute atomic E-state index is 12.4. The largest absolute Gasteiger partial charge is 0.349 e. The minimum atomic E-state index is -0.767. The Labute approximate surface area is 142 Å². The lowest BCUT2D eigenvalue weighted by Gasteiger charge is -2.15. The lowest BCUT2D eigenvalue weighted by atomic mass is 10.1. The van der Waals surface area contributed by atoms with Gasteiger partial charge in [-0.3, -0.25) is 14.4 Å². The van der Waals surface area contributed by atoms with Crippen LogP contribution < -0.4 is 16.0 Å². The van der Waals surface area contributed by atoms with Crippen LogP contribution in [0.1, 0.15) is 49.9 Å². The molecule has 0 saturated heterocycles. The van der Waals surface area contributed by atoms with Gasteiger partial charge in [-0.05, 0) is 30.9 Å². The summed E-state index contributed by atoms with van der Waals surface area (Å²) in [6.45, 7) is 4.32. The van der Waals surface area contributed by atoms with Crippen LogP contribution in [0.5, 0.6) is 0 Å². The molecule has 3 amide bonds. The SMILES string of the molecule is CC(C)CNC(=O)C(=O)Nc1ccccc1C(=O)NC1CCCC1. The molecule has 1 aliphatic carbocycles. The molecule has 0 spiro atoms. The van der Waals surface area contributed by atoms with Gasteiger partial charge in [0.25, 0.3) is 5.91 Å². The minimum absolute atomic E-state index is 0.190. The molecule has 0 aliphatic heterocycles. The van der Waals surface area contributed by atoms with E-state index in [1.54, 1.807) is 24.3 Å². The van der Waals surface area contributed by atoms with E-state index in [0.717, 1.165) is 25.7 Å². The molecule has 1 saturated carbocycles. The maximum Gasteiger partial charge on any atom is 0.313 e. The van der Waals surface area contributed by atoms with E-state index in [2.05, 4.69) is 16.0 Å². The van der Waals surface area contributed by atoms with Crippen molar-refractivity contribution in [1.82, 2.24) is 10.6 Å².